The van der Waals surface area contributed by atoms with Gasteiger partial charge in [-0.1, -0.05) is 23.7 Å². The highest BCUT2D eigenvalue weighted by Gasteiger charge is 2.41. The fourth-order valence-corrected chi connectivity index (χ4v) is 2.87. The van der Waals surface area contributed by atoms with Gasteiger partial charge in [0.25, 0.3) is 5.91 Å². The number of amides is 4. The van der Waals surface area contributed by atoms with Crippen molar-refractivity contribution in [1.29, 1.82) is 0 Å². The van der Waals surface area contributed by atoms with Gasteiger partial charge in [-0.15, -0.1) is 0 Å². The Balaban J connectivity index is 1.52. The molecule has 23 heavy (non-hydrogen) atoms. The van der Waals surface area contributed by atoms with Crippen molar-refractivity contribution < 1.29 is 19.1 Å². The van der Waals surface area contributed by atoms with Crippen molar-refractivity contribution in [3.8, 4) is 0 Å². The molecular formula is C15H16ClN3O4. The third-order valence-corrected chi connectivity index (χ3v) is 4.21. The molecule has 0 bridgehead atoms. The van der Waals surface area contributed by atoms with Gasteiger partial charge in [0.15, 0.2) is 6.61 Å². The summed E-state index contributed by atoms with van der Waals surface area (Å²) in [5.41, 5.74) is 0.941. The van der Waals surface area contributed by atoms with Gasteiger partial charge in [0, 0.05) is 24.7 Å². The predicted molar refractivity (Wildman–Crippen MR) is 81.9 cm³/mol. The highest BCUT2D eigenvalue weighted by Crippen LogP contribution is 2.20. The lowest BCUT2D eigenvalue weighted by Crippen LogP contribution is -2.44. The highest BCUT2D eigenvalue weighted by atomic mass is 35.5. The summed E-state index contributed by atoms with van der Waals surface area (Å²) < 4.78 is 4.71. The molecule has 1 N–H and O–H groups in total. The monoisotopic (exact) mass is 337 g/mol. The molecule has 122 valence electrons. The molecule has 0 unspecified atom stereocenters. The minimum Gasteiger partial charge on any atom is -0.439 e. The van der Waals surface area contributed by atoms with Crippen LogP contribution in [0.2, 0.25) is 5.02 Å². The van der Waals surface area contributed by atoms with Crippen molar-refractivity contribution in [3.05, 3.63) is 34.9 Å². The lowest BCUT2D eigenvalue weighted by molar-refractivity contribution is -0.127. The second-order valence-electron chi connectivity index (χ2n) is 5.49. The Morgan fingerprint density at radius 2 is 2.04 bits per heavy atom. The van der Waals surface area contributed by atoms with Crippen LogP contribution in [0.15, 0.2) is 24.3 Å². The molecule has 1 aromatic carbocycles. The number of carbonyl (C=O) groups is 3. The number of carbonyl (C=O) groups excluding carboxylic acids is 3. The molecule has 1 aromatic rings. The van der Waals surface area contributed by atoms with Crippen LogP contribution in [-0.4, -0.2) is 53.6 Å². The van der Waals surface area contributed by atoms with Gasteiger partial charge in [-0.25, -0.2) is 14.5 Å². The number of cyclic esters (lactones) is 1. The van der Waals surface area contributed by atoms with E-state index in [1.165, 1.54) is 0 Å². The maximum atomic E-state index is 12.2. The van der Waals surface area contributed by atoms with E-state index in [1.54, 1.807) is 17.0 Å². The number of hydrogen-bond acceptors (Lipinski definition) is 4. The van der Waals surface area contributed by atoms with E-state index < -0.39 is 6.09 Å². The second-order valence-corrected chi connectivity index (χ2v) is 5.93. The van der Waals surface area contributed by atoms with E-state index in [1.807, 2.05) is 12.1 Å². The zero-order chi connectivity index (χ0) is 16.4. The van der Waals surface area contributed by atoms with E-state index in [-0.39, 0.29) is 24.6 Å². The quantitative estimate of drug-likeness (QED) is 0.908. The highest BCUT2D eigenvalue weighted by molar-refractivity contribution is 6.30. The van der Waals surface area contributed by atoms with Crippen LogP contribution in [0.3, 0.4) is 0 Å². The molecule has 2 fully saturated rings. The average molecular weight is 338 g/mol. The number of likely N-dealkylation sites (tertiary alicyclic amines) is 1. The van der Waals surface area contributed by atoms with Crippen molar-refractivity contribution >= 4 is 29.6 Å². The van der Waals surface area contributed by atoms with Crippen LogP contribution in [-0.2, 0) is 16.1 Å². The maximum Gasteiger partial charge on any atom is 0.417 e. The van der Waals surface area contributed by atoms with Crippen molar-refractivity contribution in [1.82, 2.24) is 15.1 Å². The van der Waals surface area contributed by atoms with Crippen LogP contribution in [0, 0.1) is 0 Å². The van der Waals surface area contributed by atoms with Gasteiger partial charge in [-0.05, 0) is 24.1 Å². The van der Waals surface area contributed by atoms with Crippen LogP contribution >= 0.6 is 11.6 Å². The third-order valence-electron chi connectivity index (χ3n) is 3.96. The topological polar surface area (TPSA) is 79.0 Å². The third kappa shape index (κ3) is 3.39. The summed E-state index contributed by atoms with van der Waals surface area (Å²) in [6.45, 7) is 1.00. The zero-order valence-electron chi connectivity index (χ0n) is 12.3. The van der Waals surface area contributed by atoms with E-state index in [0.29, 0.717) is 31.1 Å². The number of hydrogen-bond donors (Lipinski definition) is 1. The number of nitrogens with zero attached hydrogens (tertiary/aromatic N) is 2. The molecule has 3 rings (SSSR count). The molecule has 2 heterocycles. The van der Waals surface area contributed by atoms with E-state index in [4.69, 9.17) is 16.3 Å². The van der Waals surface area contributed by atoms with E-state index in [9.17, 15) is 14.4 Å². The number of benzene rings is 1. The minimum absolute atomic E-state index is 0.210. The molecule has 0 saturated carbocycles. The maximum absolute atomic E-state index is 12.2. The number of urea groups is 1. The van der Waals surface area contributed by atoms with Gasteiger partial charge >= 0.3 is 12.1 Å². The van der Waals surface area contributed by atoms with Crippen molar-refractivity contribution in [2.75, 3.05) is 19.7 Å². The molecule has 2 saturated heterocycles. The molecule has 0 aliphatic carbocycles. The summed E-state index contributed by atoms with van der Waals surface area (Å²) in [7, 11) is 0. The number of imide groups is 1. The summed E-state index contributed by atoms with van der Waals surface area (Å²) in [5.74, 6) is -0.344. The predicted octanol–water partition coefficient (Wildman–Crippen LogP) is 1.60. The number of ether oxygens (including phenoxy) is 1. The molecule has 7 nitrogen and oxygen atoms in total. The first-order valence-corrected chi connectivity index (χ1v) is 7.68. The summed E-state index contributed by atoms with van der Waals surface area (Å²) in [4.78, 5) is 38.1. The Kier molecular flexibility index (Phi) is 4.38. The smallest absolute Gasteiger partial charge is 0.417 e. The Labute approximate surface area is 138 Å². The Morgan fingerprint density at radius 3 is 2.70 bits per heavy atom. The fraction of sp³-hybridized carbons (Fsp3) is 0.400. The second kappa shape index (κ2) is 6.45. The van der Waals surface area contributed by atoms with E-state index >= 15 is 0 Å². The normalized spacial score (nSPS) is 20.8. The summed E-state index contributed by atoms with van der Waals surface area (Å²) in [6.07, 6.45) is -0.0571. The zero-order valence-corrected chi connectivity index (χ0v) is 13.1. The SMILES string of the molecule is O=C(NCc1ccc(Cl)cc1)N1CC[C@@H](N2C(=O)COC2=O)C1. The standard InChI is InChI=1S/C15H16ClN3O4/c16-11-3-1-10(2-4-11)7-17-14(21)18-6-5-12(8-18)19-13(20)9-23-15(19)22/h1-4,12H,5-9H2,(H,17,21)/t12-/m1/s1. The number of halogens is 1. The first-order chi connectivity index (χ1) is 11.0. The molecule has 1 atom stereocenters. The lowest BCUT2D eigenvalue weighted by Gasteiger charge is -2.20. The molecule has 4 amide bonds. The fourth-order valence-electron chi connectivity index (χ4n) is 2.75. The molecule has 0 spiro atoms. The molecule has 0 radical (unpaired) electrons. The van der Waals surface area contributed by atoms with Crippen molar-refractivity contribution in [2.45, 2.75) is 19.0 Å². The molecule has 8 heteroatoms. The van der Waals surface area contributed by atoms with Crippen molar-refractivity contribution in [2.24, 2.45) is 0 Å². The van der Waals surface area contributed by atoms with Crippen LogP contribution in [0.1, 0.15) is 12.0 Å². The molecule has 0 aromatic heterocycles. The largest absolute Gasteiger partial charge is 0.439 e. The van der Waals surface area contributed by atoms with Gasteiger partial charge in [-0.3, -0.25) is 4.79 Å². The van der Waals surface area contributed by atoms with Gasteiger partial charge < -0.3 is 15.0 Å². The Hall–Kier alpha value is -2.28. The number of rotatable bonds is 3. The number of nitrogens with one attached hydrogen (secondary N) is 1. The van der Waals surface area contributed by atoms with E-state index in [2.05, 4.69) is 5.32 Å². The molecule has 2 aliphatic rings. The average Bonchev–Trinajstić information content (AvgIpc) is 3.13. The molecular weight excluding hydrogens is 322 g/mol. The van der Waals surface area contributed by atoms with Gasteiger partial charge in [0.2, 0.25) is 0 Å². The summed E-state index contributed by atoms with van der Waals surface area (Å²) in [5, 5.41) is 3.46. The lowest BCUT2D eigenvalue weighted by atomic mass is 10.2. The first kappa shape index (κ1) is 15.6. The van der Waals surface area contributed by atoms with Gasteiger partial charge in [-0.2, -0.15) is 0 Å². The van der Waals surface area contributed by atoms with Crippen LogP contribution in [0.4, 0.5) is 9.59 Å². The van der Waals surface area contributed by atoms with Crippen LogP contribution in [0.25, 0.3) is 0 Å². The minimum atomic E-state index is -0.622. The van der Waals surface area contributed by atoms with Gasteiger partial charge in [0.1, 0.15) is 0 Å². The Bertz CT molecular complexity index is 618. The van der Waals surface area contributed by atoms with Crippen LogP contribution < -0.4 is 5.32 Å². The van der Waals surface area contributed by atoms with Gasteiger partial charge in [0.05, 0.1) is 6.04 Å². The first-order valence-electron chi connectivity index (χ1n) is 7.30. The summed E-state index contributed by atoms with van der Waals surface area (Å²) >= 11 is 5.81. The molecule has 2 aliphatic heterocycles. The Morgan fingerprint density at radius 1 is 1.30 bits per heavy atom. The summed E-state index contributed by atoms with van der Waals surface area (Å²) in [6, 6.07) is 6.68. The van der Waals surface area contributed by atoms with Crippen LogP contribution in [0.5, 0.6) is 0 Å². The van der Waals surface area contributed by atoms with E-state index in [0.717, 1.165) is 10.5 Å². The van der Waals surface area contributed by atoms with Crippen molar-refractivity contribution in [3.63, 3.8) is 0 Å².